The molecular weight excluding hydrogens is 330 g/mol. The molecule has 0 radical (unpaired) electrons. The Morgan fingerprint density at radius 1 is 1.19 bits per heavy atom. The Labute approximate surface area is 152 Å². The molecule has 2 amide bonds. The van der Waals surface area contributed by atoms with Crippen LogP contribution in [0.5, 0.6) is 0 Å². The summed E-state index contributed by atoms with van der Waals surface area (Å²) in [5.41, 5.74) is 1.62. The van der Waals surface area contributed by atoms with Gasteiger partial charge in [0.15, 0.2) is 5.69 Å². The number of nitrogens with zero attached hydrogens (tertiary/aromatic N) is 2. The molecule has 0 bridgehead atoms. The van der Waals surface area contributed by atoms with E-state index in [0.717, 1.165) is 49.9 Å². The molecule has 7 heteroatoms. The fourth-order valence-corrected chi connectivity index (χ4v) is 4.11. The summed E-state index contributed by atoms with van der Waals surface area (Å²) in [4.78, 5) is 26.7. The predicted octanol–water partition coefficient (Wildman–Crippen LogP) is 1.28. The Morgan fingerprint density at radius 3 is 2.77 bits per heavy atom. The molecule has 2 fully saturated rings. The van der Waals surface area contributed by atoms with E-state index in [9.17, 15) is 9.59 Å². The molecule has 3 N–H and O–H groups in total. The molecule has 2 aliphatic rings. The van der Waals surface area contributed by atoms with Crippen LogP contribution < -0.4 is 10.6 Å². The van der Waals surface area contributed by atoms with Gasteiger partial charge in [-0.15, -0.1) is 0 Å². The quantitative estimate of drug-likeness (QED) is 0.771. The zero-order valence-electron chi connectivity index (χ0n) is 14.9. The molecule has 7 nitrogen and oxygen atoms in total. The van der Waals surface area contributed by atoms with Crippen molar-refractivity contribution in [3.05, 3.63) is 30.0 Å². The summed E-state index contributed by atoms with van der Waals surface area (Å²) in [7, 11) is 0. The lowest BCUT2D eigenvalue weighted by atomic mass is 9.78. The maximum absolute atomic E-state index is 12.4. The Bertz CT molecular complexity index is 799. The van der Waals surface area contributed by atoms with Crippen LogP contribution in [0.4, 0.5) is 0 Å². The maximum atomic E-state index is 12.4. The molecule has 0 aliphatic carbocycles. The summed E-state index contributed by atoms with van der Waals surface area (Å²) < 4.78 is 0. The van der Waals surface area contributed by atoms with Crippen LogP contribution in [-0.4, -0.2) is 59.6 Å². The molecule has 2 saturated heterocycles. The number of carbonyl (C=O) groups is 2. The Kier molecular flexibility index (Phi) is 4.63. The van der Waals surface area contributed by atoms with Crippen LogP contribution in [0.25, 0.3) is 10.9 Å². The number of likely N-dealkylation sites (tertiary alicyclic amines) is 1. The maximum Gasteiger partial charge on any atom is 0.272 e. The summed E-state index contributed by atoms with van der Waals surface area (Å²) in [6, 6.07) is 7.51. The first-order chi connectivity index (χ1) is 12.7. The van der Waals surface area contributed by atoms with Crippen LogP contribution in [0, 0.1) is 5.41 Å². The van der Waals surface area contributed by atoms with Crippen molar-refractivity contribution in [2.45, 2.75) is 25.7 Å². The molecule has 4 rings (SSSR count). The molecule has 1 spiro atoms. The van der Waals surface area contributed by atoms with E-state index in [0.29, 0.717) is 24.1 Å². The molecule has 3 heterocycles. The summed E-state index contributed by atoms with van der Waals surface area (Å²) in [5, 5.41) is 14.0. The topological polar surface area (TPSA) is 90.1 Å². The molecule has 2 aromatic rings. The molecule has 0 unspecified atom stereocenters. The molecule has 1 aromatic carbocycles. The van der Waals surface area contributed by atoms with Gasteiger partial charge >= 0.3 is 0 Å². The largest absolute Gasteiger partial charge is 0.350 e. The average molecular weight is 355 g/mol. The average Bonchev–Trinajstić information content (AvgIpc) is 3.29. The second-order valence-corrected chi connectivity index (χ2v) is 7.43. The van der Waals surface area contributed by atoms with Crippen LogP contribution in [-0.2, 0) is 4.79 Å². The van der Waals surface area contributed by atoms with Gasteiger partial charge in [0.2, 0.25) is 5.91 Å². The minimum atomic E-state index is -0.245. The van der Waals surface area contributed by atoms with E-state index in [1.165, 1.54) is 6.42 Å². The molecule has 26 heavy (non-hydrogen) atoms. The van der Waals surface area contributed by atoms with E-state index >= 15 is 0 Å². The monoisotopic (exact) mass is 355 g/mol. The van der Waals surface area contributed by atoms with Crippen LogP contribution in [0.3, 0.4) is 0 Å². The number of aromatic amines is 1. The van der Waals surface area contributed by atoms with Gasteiger partial charge in [-0.2, -0.15) is 5.10 Å². The lowest BCUT2D eigenvalue weighted by Crippen LogP contribution is -2.44. The molecule has 0 saturated carbocycles. The van der Waals surface area contributed by atoms with E-state index in [4.69, 9.17) is 0 Å². The van der Waals surface area contributed by atoms with Gasteiger partial charge in [0, 0.05) is 38.0 Å². The third kappa shape index (κ3) is 3.31. The Hall–Kier alpha value is -2.41. The SMILES string of the molecule is O=C(NCCC(=O)N1CCC2(CCNC2)CC1)c1n[nH]c2ccccc12. The van der Waals surface area contributed by atoms with E-state index in [1.807, 2.05) is 29.2 Å². The number of fused-ring (bicyclic) bond motifs is 1. The van der Waals surface area contributed by atoms with E-state index in [2.05, 4.69) is 20.8 Å². The normalized spacial score (nSPS) is 19.2. The zero-order valence-corrected chi connectivity index (χ0v) is 14.9. The number of hydrogen-bond acceptors (Lipinski definition) is 4. The number of hydrogen-bond donors (Lipinski definition) is 3. The first-order valence-corrected chi connectivity index (χ1v) is 9.37. The van der Waals surface area contributed by atoms with Crippen LogP contribution >= 0.6 is 0 Å². The van der Waals surface area contributed by atoms with E-state index < -0.39 is 0 Å². The smallest absolute Gasteiger partial charge is 0.272 e. The number of benzene rings is 1. The summed E-state index contributed by atoms with van der Waals surface area (Å²) >= 11 is 0. The third-order valence-corrected chi connectivity index (χ3v) is 5.82. The van der Waals surface area contributed by atoms with Gasteiger partial charge in [0.05, 0.1) is 5.52 Å². The van der Waals surface area contributed by atoms with Crippen molar-refractivity contribution in [2.75, 3.05) is 32.7 Å². The van der Waals surface area contributed by atoms with Crippen molar-refractivity contribution >= 4 is 22.7 Å². The van der Waals surface area contributed by atoms with Crippen LogP contribution in [0.1, 0.15) is 36.2 Å². The molecule has 2 aliphatic heterocycles. The predicted molar refractivity (Wildman–Crippen MR) is 98.8 cm³/mol. The van der Waals surface area contributed by atoms with Gasteiger partial charge in [0.25, 0.3) is 5.91 Å². The Balaban J connectivity index is 1.25. The highest BCUT2D eigenvalue weighted by Gasteiger charge is 2.37. The lowest BCUT2D eigenvalue weighted by molar-refractivity contribution is -0.133. The number of amides is 2. The highest BCUT2D eigenvalue weighted by atomic mass is 16.2. The Morgan fingerprint density at radius 2 is 2.00 bits per heavy atom. The second-order valence-electron chi connectivity index (χ2n) is 7.43. The van der Waals surface area contributed by atoms with Gasteiger partial charge in [-0.3, -0.25) is 14.7 Å². The molecule has 1 aromatic heterocycles. The first-order valence-electron chi connectivity index (χ1n) is 9.37. The van der Waals surface area contributed by atoms with Gasteiger partial charge < -0.3 is 15.5 Å². The zero-order chi connectivity index (χ0) is 18.0. The number of para-hydroxylation sites is 1. The van der Waals surface area contributed by atoms with Crippen LogP contribution in [0.15, 0.2) is 24.3 Å². The summed E-state index contributed by atoms with van der Waals surface area (Å²) in [5.74, 6) is -0.122. The lowest BCUT2D eigenvalue weighted by Gasteiger charge is -2.39. The third-order valence-electron chi connectivity index (χ3n) is 5.82. The van der Waals surface area contributed by atoms with Gasteiger partial charge in [-0.05, 0) is 37.3 Å². The minimum Gasteiger partial charge on any atom is -0.350 e. The number of carbonyl (C=O) groups excluding carboxylic acids is 2. The van der Waals surface area contributed by atoms with Crippen molar-refractivity contribution in [3.8, 4) is 0 Å². The van der Waals surface area contributed by atoms with E-state index in [-0.39, 0.29) is 11.8 Å². The number of piperidine rings is 1. The van der Waals surface area contributed by atoms with Crippen molar-refractivity contribution in [2.24, 2.45) is 5.41 Å². The van der Waals surface area contributed by atoms with Crippen molar-refractivity contribution in [1.29, 1.82) is 0 Å². The fourth-order valence-electron chi connectivity index (χ4n) is 4.11. The minimum absolute atomic E-state index is 0.123. The number of H-pyrrole nitrogens is 1. The molecular formula is C19H25N5O2. The molecule has 138 valence electrons. The summed E-state index contributed by atoms with van der Waals surface area (Å²) in [6.07, 6.45) is 3.72. The van der Waals surface area contributed by atoms with Crippen molar-refractivity contribution in [1.82, 2.24) is 25.7 Å². The molecule has 0 atom stereocenters. The first kappa shape index (κ1) is 17.0. The highest BCUT2D eigenvalue weighted by Crippen LogP contribution is 2.36. The highest BCUT2D eigenvalue weighted by molar-refractivity contribution is 6.04. The van der Waals surface area contributed by atoms with Gasteiger partial charge in [-0.25, -0.2) is 0 Å². The van der Waals surface area contributed by atoms with Crippen molar-refractivity contribution < 1.29 is 9.59 Å². The van der Waals surface area contributed by atoms with Gasteiger partial charge in [0.1, 0.15) is 0 Å². The fraction of sp³-hybridized carbons (Fsp3) is 0.526. The standard InChI is InChI=1S/C19H25N5O2/c25-16(24-11-7-19(8-12-24)6-10-20-13-19)5-9-21-18(26)17-14-3-1-2-4-15(14)22-23-17/h1-4,20H,5-13H2,(H,21,26)(H,22,23). The van der Waals surface area contributed by atoms with E-state index in [1.54, 1.807) is 0 Å². The number of aromatic nitrogens is 2. The summed E-state index contributed by atoms with van der Waals surface area (Å²) in [6.45, 7) is 4.18. The van der Waals surface area contributed by atoms with Gasteiger partial charge in [-0.1, -0.05) is 18.2 Å². The van der Waals surface area contributed by atoms with Crippen molar-refractivity contribution in [3.63, 3.8) is 0 Å². The van der Waals surface area contributed by atoms with Crippen LogP contribution in [0.2, 0.25) is 0 Å². The number of rotatable bonds is 4. The number of nitrogens with one attached hydrogen (secondary N) is 3. The second kappa shape index (κ2) is 7.07.